The zero-order chi connectivity index (χ0) is 14.1. The summed E-state index contributed by atoms with van der Waals surface area (Å²) < 4.78 is 0. The van der Waals surface area contributed by atoms with Crippen LogP contribution in [0.25, 0.3) is 11.2 Å². The van der Waals surface area contributed by atoms with E-state index in [1.165, 1.54) is 0 Å². The second-order valence-electron chi connectivity index (χ2n) is 4.76. The number of amides is 1. The van der Waals surface area contributed by atoms with E-state index < -0.39 is 0 Å². The lowest BCUT2D eigenvalue weighted by molar-refractivity contribution is -0.128. The van der Waals surface area contributed by atoms with Crippen LogP contribution < -0.4 is 4.90 Å². The van der Waals surface area contributed by atoms with Gasteiger partial charge in [-0.2, -0.15) is 9.97 Å². The van der Waals surface area contributed by atoms with Crippen LogP contribution in [-0.4, -0.2) is 56.9 Å². The fourth-order valence-electron chi connectivity index (χ4n) is 2.47. The van der Waals surface area contributed by atoms with Crippen LogP contribution in [-0.2, 0) is 4.79 Å². The van der Waals surface area contributed by atoms with Gasteiger partial charge in [0.25, 0.3) is 0 Å². The SMILES string of the molecule is CC(=O)N1CCCN(c2nc(Cl)nc3nc[nH]c23)CC1. The van der Waals surface area contributed by atoms with Crippen molar-refractivity contribution in [1.29, 1.82) is 0 Å². The molecule has 8 heteroatoms. The molecule has 0 aromatic carbocycles. The van der Waals surface area contributed by atoms with Crippen LogP contribution in [0, 0.1) is 0 Å². The number of hydrogen-bond acceptors (Lipinski definition) is 5. The Bertz CT molecular complexity index is 642. The van der Waals surface area contributed by atoms with Crippen molar-refractivity contribution in [2.24, 2.45) is 0 Å². The lowest BCUT2D eigenvalue weighted by Crippen LogP contribution is -2.34. The maximum Gasteiger partial charge on any atom is 0.226 e. The second kappa shape index (κ2) is 5.24. The molecule has 1 aliphatic heterocycles. The summed E-state index contributed by atoms with van der Waals surface area (Å²) in [6.45, 7) is 4.61. The first-order valence-corrected chi connectivity index (χ1v) is 6.90. The fraction of sp³-hybridized carbons (Fsp3) is 0.500. The van der Waals surface area contributed by atoms with Gasteiger partial charge in [0.2, 0.25) is 11.2 Å². The predicted molar refractivity (Wildman–Crippen MR) is 75.8 cm³/mol. The number of nitrogens with zero attached hydrogens (tertiary/aromatic N) is 5. The monoisotopic (exact) mass is 294 g/mol. The highest BCUT2D eigenvalue weighted by Crippen LogP contribution is 2.23. The minimum atomic E-state index is 0.110. The summed E-state index contributed by atoms with van der Waals surface area (Å²) in [4.78, 5) is 31.0. The zero-order valence-corrected chi connectivity index (χ0v) is 11.9. The van der Waals surface area contributed by atoms with Crippen LogP contribution in [0.3, 0.4) is 0 Å². The second-order valence-corrected chi connectivity index (χ2v) is 5.10. The summed E-state index contributed by atoms with van der Waals surface area (Å²) in [6, 6.07) is 0. The number of imidazole rings is 1. The molecule has 1 saturated heterocycles. The van der Waals surface area contributed by atoms with Gasteiger partial charge in [-0.1, -0.05) is 0 Å². The molecule has 1 aliphatic rings. The quantitative estimate of drug-likeness (QED) is 0.796. The van der Waals surface area contributed by atoms with Gasteiger partial charge in [0.15, 0.2) is 11.5 Å². The van der Waals surface area contributed by atoms with Crippen LogP contribution in [0.1, 0.15) is 13.3 Å². The van der Waals surface area contributed by atoms with E-state index in [0.717, 1.165) is 37.4 Å². The third-order valence-electron chi connectivity index (χ3n) is 3.48. The summed E-state index contributed by atoms with van der Waals surface area (Å²) in [5.41, 5.74) is 1.35. The number of nitrogens with one attached hydrogen (secondary N) is 1. The minimum absolute atomic E-state index is 0.110. The maximum absolute atomic E-state index is 11.5. The van der Waals surface area contributed by atoms with E-state index in [9.17, 15) is 4.79 Å². The van der Waals surface area contributed by atoms with Crippen molar-refractivity contribution in [1.82, 2.24) is 24.8 Å². The third kappa shape index (κ3) is 2.40. The molecule has 2 aromatic heterocycles. The van der Waals surface area contributed by atoms with Gasteiger partial charge < -0.3 is 14.8 Å². The van der Waals surface area contributed by atoms with Gasteiger partial charge in [-0.3, -0.25) is 4.79 Å². The molecule has 0 aliphatic carbocycles. The molecule has 1 fully saturated rings. The van der Waals surface area contributed by atoms with Crippen molar-refractivity contribution >= 4 is 34.5 Å². The topological polar surface area (TPSA) is 78.0 Å². The van der Waals surface area contributed by atoms with Gasteiger partial charge in [-0.25, -0.2) is 4.98 Å². The van der Waals surface area contributed by atoms with Gasteiger partial charge in [-0.05, 0) is 18.0 Å². The van der Waals surface area contributed by atoms with Crippen molar-refractivity contribution in [2.45, 2.75) is 13.3 Å². The zero-order valence-electron chi connectivity index (χ0n) is 11.1. The van der Waals surface area contributed by atoms with E-state index in [1.54, 1.807) is 13.3 Å². The number of aromatic nitrogens is 4. The van der Waals surface area contributed by atoms with Crippen molar-refractivity contribution in [3.8, 4) is 0 Å². The maximum atomic E-state index is 11.5. The molecule has 106 valence electrons. The molecule has 2 aromatic rings. The number of carbonyl (C=O) groups is 1. The molecule has 20 heavy (non-hydrogen) atoms. The van der Waals surface area contributed by atoms with Gasteiger partial charge in [0, 0.05) is 33.1 Å². The highest BCUT2D eigenvalue weighted by Gasteiger charge is 2.20. The summed E-state index contributed by atoms with van der Waals surface area (Å²) in [6.07, 6.45) is 2.48. The van der Waals surface area contributed by atoms with Crippen LogP contribution in [0.2, 0.25) is 5.28 Å². The highest BCUT2D eigenvalue weighted by molar-refractivity contribution is 6.28. The Morgan fingerprint density at radius 1 is 1.30 bits per heavy atom. The largest absolute Gasteiger partial charge is 0.353 e. The number of carbonyl (C=O) groups excluding carboxylic acids is 1. The van der Waals surface area contributed by atoms with Crippen LogP contribution in [0.5, 0.6) is 0 Å². The van der Waals surface area contributed by atoms with Crippen LogP contribution in [0.4, 0.5) is 5.82 Å². The minimum Gasteiger partial charge on any atom is -0.353 e. The first-order chi connectivity index (χ1) is 9.65. The van der Waals surface area contributed by atoms with Gasteiger partial charge >= 0.3 is 0 Å². The van der Waals surface area contributed by atoms with Gasteiger partial charge in [-0.15, -0.1) is 0 Å². The molecule has 0 spiro atoms. The Morgan fingerprint density at radius 2 is 2.15 bits per heavy atom. The van der Waals surface area contributed by atoms with E-state index in [4.69, 9.17) is 11.6 Å². The Morgan fingerprint density at radius 3 is 2.95 bits per heavy atom. The molecule has 0 unspecified atom stereocenters. The molecule has 0 saturated carbocycles. The molecule has 7 nitrogen and oxygen atoms in total. The molecule has 1 amide bonds. The van der Waals surface area contributed by atoms with E-state index >= 15 is 0 Å². The normalized spacial score (nSPS) is 16.5. The number of halogens is 1. The number of hydrogen-bond donors (Lipinski definition) is 1. The Balaban J connectivity index is 1.91. The van der Waals surface area contributed by atoms with Crippen molar-refractivity contribution in [2.75, 3.05) is 31.1 Å². The summed E-state index contributed by atoms with van der Waals surface area (Å²) in [5, 5.41) is 0.187. The van der Waals surface area contributed by atoms with Crippen LogP contribution in [0.15, 0.2) is 6.33 Å². The van der Waals surface area contributed by atoms with E-state index in [2.05, 4.69) is 24.8 Å². The number of aromatic amines is 1. The lowest BCUT2D eigenvalue weighted by atomic mass is 10.3. The molecule has 3 rings (SSSR count). The van der Waals surface area contributed by atoms with E-state index in [1.807, 2.05) is 4.90 Å². The van der Waals surface area contributed by atoms with Crippen LogP contribution >= 0.6 is 11.6 Å². The average Bonchev–Trinajstić information content (AvgIpc) is 2.73. The Labute approximate surface area is 121 Å². The number of anilines is 1. The molecular weight excluding hydrogens is 280 g/mol. The van der Waals surface area contributed by atoms with Crippen molar-refractivity contribution in [3.05, 3.63) is 11.6 Å². The third-order valence-corrected chi connectivity index (χ3v) is 3.65. The molecule has 3 heterocycles. The molecule has 0 atom stereocenters. The number of H-pyrrole nitrogens is 1. The summed E-state index contributed by atoms with van der Waals surface area (Å²) in [5.74, 6) is 0.863. The predicted octanol–water partition coefficient (Wildman–Crippen LogP) is 1.06. The first kappa shape index (κ1) is 13.1. The van der Waals surface area contributed by atoms with Gasteiger partial charge in [0.05, 0.1) is 6.33 Å². The molecule has 1 N–H and O–H groups in total. The molecule has 0 bridgehead atoms. The smallest absolute Gasteiger partial charge is 0.226 e. The van der Waals surface area contributed by atoms with Crippen molar-refractivity contribution < 1.29 is 4.79 Å². The summed E-state index contributed by atoms with van der Waals surface area (Å²) in [7, 11) is 0. The summed E-state index contributed by atoms with van der Waals surface area (Å²) >= 11 is 5.95. The fourth-order valence-corrected chi connectivity index (χ4v) is 2.63. The Kier molecular flexibility index (Phi) is 3.43. The first-order valence-electron chi connectivity index (χ1n) is 6.52. The highest BCUT2D eigenvalue weighted by atomic mass is 35.5. The number of fused-ring (bicyclic) bond motifs is 1. The average molecular weight is 295 g/mol. The number of rotatable bonds is 1. The lowest BCUT2D eigenvalue weighted by Gasteiger charge is -2.22. The molecule has 0 radical (unpaired) electrons. The van der Waals surface area contributed by atoms with E-state index in [-0.39, 0.29) is 11.2 Å². The van der Waals surface area contributed by atoms with E-state index in [0.29, 0.717) is 12.2 Å². The Hall–Kier alpha value is -1.89. The van der Waals surface area contributed by atoms with Crippen molar-refractivity contribution in [3.63, 3.8) is 0 Å². The van der Waals surface area contributed by atoms with Gasteiger partial charge in [0.1, 0.15) is 5.52 Å². The standard InChI is InChI=1S/C12H15ClN6O/c1-8(20)18-3-2-4-19(6-5-18)11-9-10(15-7-14-9)16-12(13)17-11/h7H,2-6H2,1H3,(H,14,15,16,17). The molecular formula is C12H15ClN6O.